The molecule has 88 valence electrons. The first-order valence-corrected chi connectivity index (χ1v) is 5.67. The number of nitrogens with one attached hydrogen (secondary N) is 1. The van der Waals surface area contributed by atoms with E-state index in [-0.39, 0.29) is 18.1 Å². The highest BCUT2D eigenvalue weighted by Crippen LogP contribution is 2.18. The van der Waals surface area contributed by atoms with Gasteiger partial charge in [0.15, 0.2) is 0 Å². The summed E-state index contributed by atoms with van der Waals surface area (Å²) in [5, 5.41) is 3.33. The van der Waals surface area contributed by atoms with Crippen molar-refractivity contribution in [3.05, 3.63) is 0 Å². The Morgan fingerprint density at radius 2 is 2.27 bits per heavy atom. The fourth-order valence-corrected chi connectivity index (χ4v) is 1.93. The van der Waals surface area contributed by atoms with Crippen LogP contribution in [-0.4, -0.2) is 43.3 Å². The van der Waals surface area contributed by atoms with E-state index in [1.807, 2.05) is 11.8 Å². The molecule has 1 heterocycles. The van der Waals surface area contributed by atoms with Gasteiger partial charge in [-0.2, -0.15) is 0 Å². The Morgan fingerprint density at radius 1 is 1.60 bits per heavy atom. The van der Waals surface area contributed by atoms with Gasteiger partial charge in [-0.15, -0.1) is 0 Å². The number of hydrogen-bond donors (Lipinski definition) is 1. The second-order valence-corrected chi connectivity index (χ2v) is 4.23. The van der Waals surface area contributed by atoms with Gasteiger partial charge in [0.05, 0.1) is 18.8 Å². The molecular weight excluding hydrogens is 192 g/mol. The fraction of sp³-hybridized carbons (Fsp3) is 0.909. The minimum absolute atomic E-state index is 0.0122. The molecule has 1 fully saturated rings. The van der Waals surface area contributed by atoms with E-state index in [9.17, 15) is 4.79 Å². The second kappa shape index (κ2) is 5.47. The lowest BCUT2D eigenvalue weighted by molar-refractivity contribution is -0.131. The predicted octanol–water partition coefficient (Wildman–Crippen LogP) is 0.825. The van der Waals surface area contributed by atoms with E-state index in [0.29, 0.717) is 19.1 Å². The highest BCUT2D eigenvalue weighted by molar-refractivity contribution is 5.84. The second-order valence-electron chi connectivity index (χ2n) is 4.23. The monoisotopic (exact) mass is 214 g/mol. The highest BCUT2D eigenvalue weighted by atomic mass is 16.5. The van der Waals surface area contributed by atoms with Crippen molar-refractivity contribution < 1.29 is 9.53 Å². The zero-order valence-corrected chi connectivity index (χ0v) is 10.1. The lowest BCUT2D eigenvalue weighted by Gasteiger charge is -2.20. The normalized spacial score (nSPS) is 28.5. The highest BCUT2D eigenvalue weighted by Gasteiger charge is 2.38. The van der Waals surface area contributed by atoms with Crippen molar-refractivity contribution >= 4 is 5.91 Å². The quantitative estimate of drug-likeness (QED) is 0.737. The van der Waals surface area contributed by atoms with Crippen molar-refractivity contribution in [2.24, 2.45) is 5.92 Å². The average molecular weight is 214 g/mol. The molecule has 1 amide bonds. The topological polar surface area (TPSA) is 41.6 Å². The summed E-state index contributed by atoms with van der Waals surface area (Å²) in [7, 11) is 1.66. The molecule has 0 aromatic heterocycles. The molecule has 4 nitrogen and oxygen atoms in total. The van der Waals surface area contributed by atoms with Crippen molar-refractivity contribution in [1.29, 1.82) is 0 Å². The van der Waals surface area contributed by atoms with Crippen LogP contribution in [0, 0.1) is 5.92 Å². The van der Waals surface area contributed by atoms with Gasteiger partial charge in [0.1, 0.15) is 0 Å². The smallest absolute Gasteiger partial charge is 0.241 e. The predicted molar refractivity (Wildman–Crippen MR) is 59.4 cm³/mol. The van der Waals surface area contributed by atoms with E-state index in [0.717, 1.165) is 6.42 Å². The number of rotatable bonds is 5. The number of carbonyl (C=O) groups is 1. The van der Waals surface area contributed by atoms with Crippen LogP contribution in [0.5, 0.6) is 0 Å². The summed E-state index contributed by atoms with van der Waals surface area (Å²) in [5.74, 6) is 0.612. The van der Waals surface area contributed by atoms with Crippen LogP contribution in [0.2, 0.25) is 0 Å². The Morgan fingerprint density at radius 3 is 2.80 bits per heavy atom. The molecule has 1 N–H and O–H groups in total. The summed E-state index contributed by atoms with van der Waals surface area (Å²) in [6, 6.07) is -0.0122. The van der Waals surface area contributed by atoms with Crippen LogP contribution in [0.1, 0.15) is 27.2 Å². The molecule has 0 spiro atoms. The maximum atomic E-state index is 12.0. The van der Waals surface area contributed by atoms with Crippen LogP contribution in [0.3, 0.4) is 0 Å². The van der Waals surface area contributed by atoms with Gasteiger partial charge in [0.2, 0.25) is 5.91 Å². The summed E-state index contributed by atoms with van der Waals surface area (Å²) >= 11 is 0. The van der Waals surface area contributed by atoms with Gasteiger partial charge in [-0.05, 0) is 12.8 Å². The van der Waals surface area contributed by atoms with Crippen molar-refractivity contribution in [2.45, 2.75) is 39.4 Å². The molecule has 0 aromatic carbocycles. The zero-order valence-electron chi connectivity index (χ0n) is 10.1. The number of amides is 1. The molecule has 4 heteroatoms. The lowest BCUT2D eigenvalue weighted by Crippen LogP contribution is -2.37. The molecule has 0 radical (unpaired) electrons. The first kappa shape index (κ1) is 12.5. The minimum Gasteiger partial charge on any atom is -0.383 e. The molecule has 0 aromatic rings. The van der Waals surface area contributed by atoms with Gasteiger partial charge in [-0.25, -0.2) is 0 Å². The Labute approximate surface area is 92.0 Å². The summed E-state index contributed by atoms with van der Waals surface area (Å²) in [6.45, 7) is 7.53. The van der Waals surface area contributed by atoms with Crippen LogP contribution in [0.25, 0.3) is 0 Å². The molecule has 15 heavy (non-hydrogen) atoms. The van der Waals surface area contributed by atoms with Gasteiger partial charge < -0.3 is 9.64 Å². The molecule has 3 atom stereocenters. The first-order valence-electron chi connectivity index (χ1n) is 5.67. The van der Waals surface area contributed by atoms with Gasteiger partial charge in [0, 0.05) is 13.7 Å². The SMILES string of the molecule is CCC(C)C1NC(C)N(CCOC)C1=O. The van der Waals surface area contributed by atoms with E-state index in [1.54, 1.807) is 7.11 Å². The standard InChI is InChI=1S/C11H22N2O2/c1-5-8(2)10-11(14)13(6-7-15-4)9(3)12-10/h8-10,12H,5-7H2,1-4H3. The van der Waals surface area contributed by atoms with E-state index in [2.05, 4.69) is 19.2 Å². The fourth-order valence-electron chi connectivity index (χ4n) is 1.93. The zero-order chi connectivity index (χ0) is 11.4. The lowest BCUT2D eigenvalue weighted by atomic mass is 9.99. The van der Waals surface area contributed by atoms with Gasteiger partial charge in [-0.1, -0.05) is 20.3 Å². The number of methoxy groups -OCH3 is 1. The van der Waals surface area contributed by atoms with E-state index in [4.69, 9.17) is 4.74 Å². The third-order valence-electron chi connectivity index (χ3n) is 3.19. The molecule has 0 aliphatic carbocycles. The number of nitrogens with zero attached hydrogens (tertiary/aromatic N) is 1. The molecule has 1 aliphatic heterocycles. The third-order valence-corrected chi connectivity index (χ3v) is 3.19. The van der Waals surface area contributed by atoms with E-state index in [1.165, 1.54) is 0 Å². The Hall–Kier alpha value is -0.610. The average Bonchev–Trinajstić information content (AvgIpc) is 2.51. The molecule has 1 rings (SSSR count). The summed E-state index contributed by atoms with van der Waals surface area (Å²) in [4.78, 5) is 13.9. The van der Waals surface area contributed by atoms with Crippen LogP contribution in [0.15, 0.2) is 0 Å². The maximum absolute atomic E-state index is 12.0. The first-order chi connectivity index (χ1) is 7.11. The Kier molecular flexibility index (Phi) is 4.54. The maximum Gasteiger partial charge on any atom is 0.241 e. The van der Waals surface area contributed by atoms with Crippen molar-refractivity contribution in [3.8, 4) is 0 Å². The van der Waals surface area contributed by atoms with Crippen LogP contribution in [-0.2, 0) is 9.53 Å². The van der Waals surface area contributed by atoms with Crippen molar-refractivity contribution in [3.63, 3.8) is 0 Å². The van der Waals surface area contributed by atoms with Gasteiger partial charge in [0.25, 0.3) is 0 Å². The number of carbonyl (C=O) groups excluding carboxylic acids is 1. The van der Waals surface area contributed by atoms with Crippen molar-refractivity contribution in [1.82, 2.24) is 10.2 Å². The summed E-state index contributed by atoms with van der Waals surface area (Å²) in [5.41, 5.74) is 0. The van der Waals surface area contributed by atoms with Crippen LogP contribution in [0.4, 0.5) is 0 Å². The van der Waals surface area contributed by atoms with Gasteiger partial charge in [-0.3, -0.25) is 10.1 Å². The molecule has 0 saturated carbocycles. The number of ether oxygens (including phenoxy) is 1. The third kappa shape index (κ3) is 2.69. The summed E-state index contributed by atoms with van der Waals surface area (Å²) in [6.07, 6.45) is 1.15. The molecule has 0 bridgehead atoms. The van der Waals surface area contributed by atoms with Crippen LogP contribution >= 0.6 is 0 Å². The molecule has 3 unspecified atom stereocenters. The van der Waals surface area contributed by atoms with E-state index >= 15 is 0 Å². The van der Waals surface area contributed by atoms with E-state index < -0.39 is 0 Å². The van der Waals surface area contributed by atoms with Gasteiger partial charge >= 0.3 is 0 Å². The summed E-state index contributed by atoms with van der Waals surface area (Å²) < 4.78 is 5.00. The molecular formula is C11H22N2O2. The Balaban J connectivity index is 2.57. The minimum atomic E-state index is -0.0122. The number of hydrogen-bond acceptors (Lipinski definition) is 3. The van der Waals surface area contributed by atoms with Crippen LogP contribution < -0.4 is 5.32 Å². The molecule has 1 saturated heterocycles. The van der Waals surface area contributed by atoms with Crippen molar-refractivity contribution in [2.75, 3.05) is 20.3 Å². The molecule has 1 aliphatic rings. The Bertz CT molecular complexity index is 221. The largest absolute Gasteiger partial charge is 0.383 e.